The number of aliphatic carboxylic acids is 1. The normalized spacial score (nSPS) is 14.8. The zero-order chi connectivity index (χ0) is 28.6. The van der Waals surface area contributed by atoms with E-state index in [1.807, 2.05) is 0 Å². The van der Waals surface area contributed by atoms with Crippen LogP contribution in [0.1, 0.15) is 31.0 Å². The molecule has 2 aromatic carbocycles. The highest BCUT2D eigenvalue weighted by molar-refractivity contribution is 5.90. The highest BCUT2D eigenvalue weighted by Crippen LogP contribution is 2.26. The van der Waals surface area contributed by atoms with Crippen LogP contribution in [0.15, 0.2) is 48.5 Å². The number of aliphatic hydroxyl groups excluding tert-OH is 1. The van der Waals surface area contributed by atoms with Crippen LogP contribution in [0.25, 0.3) is 0 Å². The van der Waals surface area contributed by atoms with Crippen molar-refractivity contribution in [1.29, 1.82) is 0 Å². The fraction of sp³-hybridized carbons (Fsp3) is 0.400. The average molecular weight is 544 g/mol. The molecular weight excluding hydrogens is 514 g/mol. The summed E-state index contributed by atoms with van der Waals surface area (Å²) in [5.74, 6) is -4.39. The van der Waals surface area contributed by atoms with Gasteiger partial charge in [-0.15, -0.1) is 0 Å². The summed E-state index contributed by atoms with van der Waals surface area (Å²) in [5.41, 5.74) is 6.46. The lowest BCUT2D eigenvalue weighted by Gasteiger charge is -2.31. The predicted molar refractivity (Wildman–Crippen MR) is 127 cm³/mol. The summed E-state index contributed by atoms with van der Waals surface area (Å²) in [6, 6.07) is 6.07. The van der Waals surface area contributed by atoms with Gasteiger partial charge in [-0.1, -0.05) is 38.1 Å². The predicted octanol–water partition coefficient (Wildman–Crippen LogP) is 2.08. The van der Waals surface area contributed by atoms with Crippen LogP contribution in [-0.2, 0) is 20.8 Å². The topological polar surface area (TPSA) is 151 Å². The Hall–Kier alpha value is -3.71. The van der Waals surface area contributed by atoms with Gasteiger partial charge < -0.3 is 31.3 Å². The highest BCUT2D eigenvalue weighted by Gasteiger charge is 2.45. The maximum absolute atomic E-state index is 13.5. The minimum Gasteiger partial charge on any atom is -0.482 e. The van der Waals surface area contributed by atoms with Gasteiger partial charge in [-0.3, -0.25) is 9.59 Å². The number of hydrogen-bond donors (Lipinski definition) is 5. The van der Waals surface area contributed by atoms with Gasteiger partial charge in [0.1, 0.15) is 17.6 Å². The van der Waals surface area contributed by atoms with Crippen molar-refractivity contribution >= 4 is 17.8 Å². The molecule has 4 unspecified atom stereocenters. The fourth-order valence-electron chi connectivity index (χ4n) is 3.52. The van der Waals surface area contributed by atoms with Crippen molar-refractivity contribution in [1.82, 2.24) is 10.6 Å². The summed E-state index contributed by atoms with van der Waals surface area (Å²) >= 11 is 0. The number of nitrogens with one attached hydrogen (secondary N) is 2. The molecule has 0 saturated carbocycles. The first-order valence-corrected chi connectivity index (χ1v) is 11.5. The SMILES string of the molecule is CC(C)C(NC(=O)C(NC(=O)C(N)Cc1cccc(F)c1)c1ccc(OCC(=O)O)cc1)C(O)C(F)(F)F. The molecule has 2 amide bonds. The zero-order valence-electron chi connectivity index (χ0n) is 20.5. The molecular formula is C25H29F4N3O6. The lowest BCUT2D eigenvalue weighted by atomic mass is 9.96. The van der Waals surface area contributed by atoms with Crippen LogP contribution >= 0.6 is 0 Å². The maximum atomic E-state index is 13.5. The van der Waals surface area contributed by atoms with Gasteiger partial charge in [0.15, 0.2) is 12.7 Å². The second kappa shape index (κ2) is 13.2. The molecule has 0 aliphatic carbocycles. The fourth-order valence-corrected chi connectivity index (χ4v) is 3.52. The molecule has 0 heterocycles. The summed E-state index contributed by atoms with van der Waals surface area (Å²) in [4.78, 5) is 36.7. The van der Waals surface area contributed by atoms with E-state index in [4.69, 9.17) is 15.6 Å². The van der Waals surface area contributed by atoms with E-state index >= 15 is 0 Å². The van der Waals surface area contributed by atoms with Crippen molar-refractivity contribution in [3.8, 4) is 5.75 Å². The Morgan fingerprint density at radius 2 is 1.66 bits per heavy atom. The summed E-state index contributed by atoms with van der Waals surface area (Å²) in [6.45, 7) is 2.11. The third kappa shape index (κ3) is 8.99. The van der Waals surface area contributed by atoms with Crippen molar-refractivity contribution in [3.63, 3.8) is 0 Å². The summed E-state index contributed by atoms with van der Waals surface area (Å²) in [6.07, 6.45) is -7.98. The van der Waals surface area contributed by atoms with Crippen LogP contribution in [0.3, 0.4) is 0 Å². The lowest BCUT2D eigenvalue weighted by Crippen LogP contribution is -2.56. The number of rotatable bonds is 12. The van der Waals surface area contributed by atoms with Crippen molar-refractivity contribution in [2.75, 3.05) is 6.61 Å². The van der Waals surface area contributed by atoms with E-state index in [9.17, 15) is 37.1 Å². The van der Waals surface area contributed by atoms with Crippen LogP contribution in [0.4, 0.5) is 17.6 Å². The number of carboxylic acids is 1. The molecule has 2 rings (SSSR count). The molecule has 4 atom stereocenters. The van der Waals surface area contributed by atoms with Gasteiger partial charge in [-0.25, -0.2) is 9.18 Å². The number of hydrogen-bond acceptors (Lipinski definition) is 6. The minimum atomic E-state index is -5.02. The lowest BCUT2D eigenvalue weighted by molar-refractivity contribution is -0.215. The highest BCUT2D eigenvalue weighted by atomic mass is 19.4. The molecule has 0 bridgehead atoms. The number of halogens is 4. The Bertz CT molecular complexity index is 1110. The molecule has 13 heteroatoms. The molecule has 0 aliphatic rings. The summed E-state index contributed by atoms with van der Waals surface area (Å²) < 4.78 is 58.1. The van der Waals surface area contributed by atoms with Crippen molar-refractivity contribution in [2.45, 2.75) is 50.7 Å². The first-order valence-electron chi connectivity index (χ1n) is 11.5. The van der Waals surface area contributed by atoms with E-state index < -0.39 is 66.5 Å². The maximum Gasteiger partial charge on any atom is 0.416 e. The van der Waals surface area contributed by atoms with Gasteiger partial charge in [-0.2, -0.15) is 13.2 Å². The number of carbonyl (C=O) groups excluding carboxylic acids is 2. The number of carbonyl (C=O) groups is 3. The van der Waals surface area contributed by atoms with E-state index in [1.165, 1.54) is 56.3 Å². The van der Waals surface area contributed by atoms with E-state index in [-0.39, 0.29) is 17.7 Å². The molecule has 0 saturated heterocycles. The first kappa shape index (κ1) is 30.5. The quantitative estimate of drug-likeness (QED) is 0.257. The van der Waals surface area contributed by atoms with E-state index in [2.05, 4.69) is 10.6 Å². The molecule has 6 N–H and O–H groups in total. The largest absolute Gasteiger partial charge is 0.482 e. The Morgan fingerprint density at radius 1 is 1.03 bits per heavy atom. The Kier molecular flexibility index (Phi) is 10.6. The van der Waals surface area contributed by atoms with Gasteiger partial charge in [0, 0.05) is 0 Å². The van der Waals surface area contributed by atoms with Crippen LogP contribution in [-0.4, -0.2) is 59.0 Å². The number of aliphatic hydroxyl groups is 1. The van der Waals surface area contributed by atoms with E-state index in [0.29, 0.717) is 5.56 Å². The number of ether oxygens (including phenoxy) is 1. The molecule has 0 fully saturated rings. The van der Waals surface area contributed by atoms with Crippen LogP contribution in [0.2, 0.25) is 0 Å². The van der Waals surface area contributed by atoms with Crippen molar-refractivity contribution in [2.24, 2.45) is 11.7 Å². The van der Waals surface area contributed by atoms with Crippen LogP contribution in [0, 0.1) is 11.7 Å². The van der Waals surface area contributed by atoms with Gasteiger partial charge in [0.2, 0.25) is 11.8 Å². The molecule has 9 nitrogen and oxygen atoms in total. The average Bonchev–Trinajstić information content (AvgIpc) is 2.83. The zero-order valence-corrected chi connectivity index (χ0v) is 20.5. The van der Waals surface area contributed by atoms with Gasteiger partial charge >= 0.3 is 12.1 Å². The molecule has 0 spiro atoms. The molecule has 0 aliphatic heterocycles. The molecule has 208 valence electrons. The van der Waals surface area contributed by atoms with Crippen molar-refractivity contribution < 1.29 is 46.9 Å². The van der Waals surface area contributed by atoms with Gasteiger partial charge in [0.25, 0.3) is 0 Å². The monoisotopic (exact) mass is 543 g/mol. The second-order valence-corrected chi connectivity index (χ2v) is 8.90. The Balaban J connectivity index is 2.30. The Labute approximate surface area is 216 Å². The van der Waals surface area contributed by atoms with E-state index in [0.717, 1.165) is 0 Å². The third-order valence-corrected chi connectivity index (χ3v) is 5.51. The minimum absolute atomic E-state index is 0.0959. The first-order chi connectivity index (χ1) is 17.7. The molecule has 2 aromatic rings. The third-order valence-electron chi connectivity index (χ3n) is 5.51. The van der Waals surface area contributed by atoms with Gasteiger partial charge in [0.05, 0.1) is 12.1 Å². The molecule has 38 heavy (non-hydrogen) atoms. The van der Waals surface area contributed by atoms with Crippen LogP contribution in [0.5, 0.6) is 5.75 Å². The molecule has 0 radical (unpaired) electrons. The number of amides is 2. The number of alkyl halides is 3. The number of benzene rings is 2. The Morgan fingerprint density at radius 3 is 2.18 bits per heavy atom. The smallest absolute Gasteiger partial charge is 0.416 e. The van der Waals surface area contributed by atoms with Gasteiger partial charge in [-0.05, 0) is 47.7 Å². The van der Waals surface area contributed by atoms with Crippen molar-refractivity contribution in [3.05, 3.63) is 65.5 Å². The molecule has 0 aromatic heterocycles. The number of carboxylic acid groups (broad SMARTS) is 1. The second-order valence-electron chi connectivity index (χ2n) is 8.90. The summed E-state index contributed by atoms with van der Waals surface area (Å²) in [5, 5.41) is 23.1. The van der Waals surface area contributed by atoms with E-state index in [1.54, 1.807) is 6.07 Å². The number of nitrogens with two attached hydrogens (primary N) is 1. The standard InChI is InChI=1S/C25H29F4N3O6/c1-13(2)20(22(35)25(27,28)29)31-24(37)21(15-6-8-17(9-7-15)38-12-19(33)34)32-23(36)18(30)11-14-4-3-5-16(26)10-14/h3-10,13,18,20-22,35H,11-12,30H2,1-2H3,(H,31,37)(H,32,36)(H,33,34). The summed E-state index contributed by atoms with van der Waals surface area (Å²) in [7, 11) is 0. The van der Waals surface area contributed by atoms with Crippen LogP contribution < -0.4 is 21.1 Å².